The second-order valence-corrected chi connectivity index (χ2v) is 2.72. The second-order valence-electron chi connectivity index (χ2n) is 2.72. The molecule has 4 nitrogen and oxygen atoms in total. The first-order valence-electron chi connectivity index (χ1n) is 4.21. The van der Waals surface area contributed by atoms with E-state index in [4.69, 9.17) is 9.90 Å². The minimum Gasteiger partial charge on any atom is -0.481 e. The molecular formula is C10H16N2O2. The molecule has 1 rings (SSSR count). The van der Waals surface area contributed by atoms with Gasteiger partial charge in [-0.3, -0.25) is 4.79 Å². The molecule has 0 fully saturated rings. The van der Waals surface area contributed by atoms with Crippen molar-refractivity contribution in [2.45, 2.75) is 6.92 Å². The van der Waals surface area contributed by atoms with Crippen LogP contribution < -0.4 is 0 Å². The Morgan fingerprint density at radius 3 is 2.50 bits per heavy atom. The third-order valence-corrected chi connectivity index (χ3v) is 1.41. The number of hydrogen-bond acceptors (Lipinski definition) is 3. The molecule has 0 aliphatic carbocycles. The van der Waals surface area contributed by atoms with E-state index < -0.39 is 5.97 Å². The molecule has 0 amide bonds. The van der Waals surface area contributed by atoms with Crippen molar-refractivity contribution in [1.29, 1.82) is 0 Å². The van der Waals surface area contributed by atoms with Gasteiger partial charge in [-0.25, -0.2) is 0 Å². The zero-order valence-corrected chi connectivity index (χ0v) is 8.39. The van der Waals surface area contributed by atoms with Gasteiger partial charge >= 0.3 is 0 Å². The fraction of sp³-hybridized carbons (Fsp3) is 0.300. The Labute approximate surface area is 84.4 Å². The largest absolute Gasteiger partial charge is 0.481 e. The first-order chi connectivity index (χ1) is 6.60. The van der Waals surface area contributed by atoms with Crippen LogP contribution in [0.25, 0.3) is 0 Å². The number of nitrogens with zero attached hydrogens (tertiary/aromatic N) is 2. The van der Waals surface area contributed by atoms with Crippen molar-refractivity contribution in [1.82, 2.24) is 9.80 Å². The fourth-order valence-corrected chi connectivity index (χ4v) is 0.887. The quantitative estimate of drug-likeness (QED) is 0.694. The predicted octanol–water partition coefficient (Wildman–Crippen LogP) is 1.45. The van der Waals surface area contributed by atoms with Crippen LogP contribution in [0.3, 0.4) is 0 Å². The van der Waals surface area contributed by atoms with E-state index in [1.165, 1.54) is 0 Å². The lowest BCUT2D eigenvalue weighted by Gasteiger charge is -2.15. The van der Waals surface area contributed by atoms with Gasteiger partial charge in [0.05, 0.1) is 6.67 Å². The van der Waals surface area contributed by atoms with Crippen molar-refractivity contribution in [2.75, 3.05) is 13.2 Å². The third-order valence-electron chi connectivity index (χ3n) is 1.41. The highest BCUT2D eigenvalue weighted by molar-refractivity contribution is 5.62. The molecule has 14 heavy (non-hydrogen) atoms. The lowest BCUT2D eigenvalue weighted by atomic mass is 10.6. The summed E-state index contributed by atoms with van der Waals surface area (Å²) < 4.78 is 0. The molecule has 4 heteroatoms. The summed E-state index contributed by atoms with van der Waals surface area (Å²) in [5, 5.41) is 7.42. The maximum absolute atomic E-state index is 9.00. The van der Waals surface area contributed by atoms with Gasteiger partial charge in [-0.15, -0.1) is 6.58 Å². The van der Waals surface area contributed by atoms with Crippen LogP contribution in [0.4, 0.5) is 0 Å². The number of carbonyl (C=O) groups is 1. The summed E-state index contributed by atoms with van der Waals surface area (Å²) in [7, 11) is 0. The van der Waals surface area contributed by atoms with Crippen LogP contribution in [0.1, 0.15) is 6.92 Å². The van der Waals surface area contributed by atoms with E-state index >= 15 is 0 Å². The Morgan fingerprint density at radius 2 is 2.14 bits per heavy atom. The molecule has 0 saturated heterocycles. The molecule has 0 unspecified atom stereocenters. The normalized spacial score (nSPS) is 13.2. The zero-order valence-electron chi connectivity index (χ0n) is 8.39. The average molecular weight is 196 g/mol. The minimum absolute atomic E-state index is 0.833. The van der Waals surface area contributed by atoms with Crippen LogP contribution in [0.2, 0.25) is 0 Å². The first-order valence-corrected chi connectivity index (χ1v) is 4.21. The van der Waals surface area contributed by atoms with Gasteiger partial charge in [-0.05, 0) is 6.20 Å². The number of carboxylic acid groups (broad SMARTS) is 1. The number of aliphatic carboxylic acids is 1. The summed E-state index contributed by atoms with van der Waals surface area (Å²) in [5.74, 6) is -0.833. The number of hydrogen-bond donors (Lipinski definition) is 1. The molecule has 0 aromatic rings. The summed E-state index contributed by atoms with van der Waals surface area (Å²) in [6, 6.07) is 0. The van der Waals surface area contributed by atoms with Gasteiger partial charge in [-0.1, -0.05) is 12.7 Å². The molecule has 0 bridgehead atoms. The molecule has 1 heterocycles. The molecule has 0 aromatic heterocycles. The van der Waals surface area contributed by atoms with Crippen LogP contribution in [-0.2, 0) is 4.79 Å². The fourth-order valence-electron chi connectivity index (χ4n) is 0.887. The van der Waals surface area contributed by atoms with Gasteiger partial charge in [0.1, 0.15) is 0 Å². The van der Waals surface area contributed by atoms with Crippen LogP contribution >= 0.6 is 0 Å². The van der Waals surface area contributed by atoms with E-state index in [1.807, 2.05) is 23.4 Å². The van der Waals surface area contributed by atoms with E-state index in [9.17, 15) is 0 Å². The van der Waals surface area contributed by atoms with Crippen molar-refractivity contribution < 1.29 is 9.90 Å². The summed E-state index contributed by atoms with van der Waals surface area (Å²) in [6.45, 7) is 10.2. The predicted molar refractivity (Wildman–Crippen MR) is 56.3 cm³/mol. The molecule has 1 N–H and O–H groups in total. The highest BCUT2D eigenvalue weighted by Crippen LogP contribution is 2.04. The maximum Gasteiger partial charge on any atom is 0.300 e. The highest BCUT2D eigenvalue weighted by atomic mass is 16.4. The Hall–Kier alpha value is -1.71. The monoisotopic (exact) mass is 196 g/mol. The third kappa shape index (κ3) is 5.88. The number of carboxylic acids is 1. The van der Waals surface area contributed by atoms with E-state index in [0.29, 0.717) is 0 Å². The summed E-state index contributed by atoms with van der Waals surface area (Å²) in [4.78, 5) is 13.2. The molecule has 1 aliphatic heterocycles. The Morgan fingerprint density at radius 1 is 1.57 bits per heavy atom. The van der Waals surface area contributed by atoms with Gasteiger partial charge in [-0.2, -0.15) is 0 Å². The summed E-state index contributed by atoms with van der Waals surface area (Å²) in [5.41, 5.74) is 0. The zero-order chi connectivity index (χ0) is 11.0. The molecule has 0 saturated carbocycles. The van der Waals surface area contributed by atoms with Crippen molar-refractivity contribution in [3.8, 4) is 0 Å². The van der Waals surface area contributed by atoms with Crippen LogP contribution in [-0.4, -0.2) is 34.1 Å². The molecule has 0 aromatic carbocycles. The number of rotatable bonds is 3. The van der Waals surface area contributed by atoms with Crippen LogP contribution in [0.5, 0.6) is 0 Å². The lowest BCUT2D eigenvalue weighted by Crippen LogP contribution is -2.21. The molecular weight excluding hydrogens is 180 g/mol. The second kappa shape index (κ2) is 6.77. The van der Waals surface area contributed by atoms with Gasteiger partial charge in [0, 0.05) is 25.9 Å². The highest BCUT2D eigenvalue weighted by Gasteiger charge is 2.05. The van der Waals surface area contributed by atoms with Gasteiger partial charge in [0.25, 0.3) is 5.97 Å². The van der Waals surface area contributed by atoms with Crippen molar-refractivity contribution in [2.24, 2.45) is 0 Å². The molecule has 0 radical (unpaired) electrons. The van der Waals surface area contributed by atoms with Crippen LogP contribution in [0, 0.1) is 0 Å². The first kappa shape index (κ1) is 12.3. The van der Waals surface area contributed by atoms with Crippen molar-refractivity contribution in [3.05, 3.63) is 37.8 Å². The van der Waals surface area contributed by atoms with Crippen LogP contribution in [0.15, 0.2) is 37.8 Å². The summed E-state index contributed by atoms with van der Waals surface area (Å²) in [6.07, 6.45) is 7.72. The van der Waals surface area contributed by atoms with E-state index in [1.54, 1.807) is 6.20 Å². The van der Waals surface area contributed by atoms with E-state index in [0.717, 1.165) is 20.1 Å². The Kier molecular flexibility index (Phi) is 5.94. The molecule has 0 spiro atoms. The maximum atomic E-state index is 9.00. The minimum atomic E-state index is -0.833. The smallest absolute Gasteiger partial charge is 0.300 e. The van der Waals surface area contributed by atoms with E-state index in [-0.39, 0.29) is 0 Å². The van der Waals surface area contributed by atoms with Crippen molar-refractivity contribution >= 4 is 5.97 Å². The molecule has 78 valence electrons. The Balaban J connectivity index is 0.000000364. The molecule has 0 atom stereocenters. The molecule has 1 aliphatic rings. The van der Waals surface area contributed by atoms with Gasteiger partial charge in [0.15, 0.2) is 0 Å². The summed E-state index contributed by atoms with van der Waals surface area (Å²) >= 11 is 0. The van der Waals surface area contributed by atoms with Gasteiger partial charge in [0.2, 0.25) is 0 Å². The topological polar surface area (TPSA) is 43.8 Å². The lowest BCUT2D eigenvalue weighted by molar-refractivity contribution is -0.134. The van der Waals surface area contributed by atoms with Crippen molar-refractivity contribution in [3.63, 3.8) is 0 Å². The van der Waals surface area contributed by atoms with E-state index in [2.05, 4.69) is 18.1 Å². The average Bonchev–Trinajstić information content (AvgIpc) is 2.52. The SMILES string of the molecule is C=CCN1C=CN(C=C)C1.CC(=O)O. The van der Waals surface area contributed by atoms with Gasteiger partial charge < -0.3 is 14.9 Å². The standard InChI is InChI=1S/C8H12N2.C2H4O2/c1-3-5-10-7-6-9(4-2)8-10;1-2(3)4/h3-4,6-7H,1-2,5,8H2;1H3,(H,3,4). The Bertz CT molecular complexity index is 232.